The molecule has 0 unspecified atom stereocenters. The second-order valence-corrected chi connectivity index (χ2v) is 11.9. The number of rotatable bonds is 11. The smallest absolute Gasteiger partial charge is 0.239 e. The van der Waals surface area contributed by atoms with Crippen LogP contribution in [0, 0.1) is 16.2 Å². The van der Waals surface area contributed by atoms with E-state index >= 15 is 0 Å². The molecule has 9 heteroatoms. The number of hydrogen-bond donors (Lipinski definition) is 4. The van der Waals surface area contributed by atoms with E-state index in [2.05, 4.69) is 36.8 Å². The quantitative estimate of drug-likeness (QED) is 0.159. The van der Waals surface area contributed by atoms with Crippen LogP contribution in [0.5, 0.6) is 0 Å². The first-order chi connectivity index (χ1) is 15.0. The molecule has 0 saturated carbocycles. The molecule has 0 radical (unpaired) electrons. The van der Waals surface area contributed by atoms with Crippen molar-refractivity contribution >= 4 is 23.6 Å². The highest BCUT2D eigenvalue weighted by Crippen LogP contribution is 2.48. The summed E-state index contributed by atoms with van der Waals surface area (Å²) in [5, 5.41) is 5.44. The number of amides is 4. The monoisotopic (exact) mass is 467 g/mol. The molecule has 0 aromatic rings. The fourth-order valence-corrected chi connectivity index (χ4v) is 4.52. The van der Waals surface area contributed by atoms with Crippen molar-refractivity contribution < 1.29 is 19.2 Å². The molecule has 0 bridgehead atoms. The van der Waals surface area contributed by atoms with E-state index in [9.17, 15) is 19.2 Å². The van der Waals surface area contributed by atoms with Crippen molar-refractivity contribution in [1.82, 2.24) is 21.0 Å². The van der Waals surface area contributed by atoms with E-state index in [1.807, 2.05) is 20.8 Å². The van der Waals surface area contributed by atoms with E-state index in [4.69, 9.17) is 5.84 Å². The summed E-state index contributed by atoms with van der Waals surface area (Å²) in [6.07, 6.45) is 2.49. The van der Waals surface area contributed by atoms with Gasteiger partial charge in [0.15, 0.2) is 0 Å². The number of unbranched alkanes of at least 4 members (excludes halogenated alkanes) is 1. The average Bonchev–Trinajstić information content (AvgIpc) is 2.62. The molecule has 9 nitrogen and oxygen atoms in total. The zero-order valence-electron chi connectivity index (χ0n) is 21.8. The summed E-state index contributed by atoms with van der Waals surface area (Å²) in [5.74, 6) is 4.24. The molecule has 0 aromatic heterocycles. The first kappa shape index (κ1) is 29.0. The van der Waals surface area contributed by atoms with Gasteiger partial charge in [-0.15, -0.1) is 0 Å². The molecule has 0 aromatic carbocycles. The van der Waals surface area contributed by atoms with Crippen LogP contribution < -0.4 is 21.9 Å². The number of nitrogens with zero attached hydrogens (tertiary/aromatic N) is 1. The van der Waals surface area contributed by atoms with Gasteiger partial charge in [-0.2, -0.15) is 0 Å². The van der Waals surface area contributed by atoms with Crippen LogP contribution in [-0.2, 0) is 19.2 Å². The number of carbonyl (C=O) groups is 4. The summed E-state index contributed by atoms with van der Waals surface area (Å²) in [4.78, 5) is 52.4. The summed E-state index contributed by atoms with van der Waals surface area (Å²) in [6.45, 7) is 16.4. The van der Waals surface area contributed by atoms with Crippen LogP contribution in [0.3, 0.4) is 0 Å². The summed E-state index contributed by atoms with van der Waals surface area (Å²) in [6, 6.07) is 0. The van der Waals surface area contributed by atoms with Gasteiger partial charge in [-0.25, -0.2) is 0 Å². The minimum Gasteiger partial charge on any atom is -0.355 e. The van der Waals surface area contributed by atoms with E-state index in [-0.39, 0.29) is 42.0 Å². The highest BCUT2D eigenvalue weighted by atomic mass is 16.2. The Labute approximate surface area is 198 Å². The van der Waals surface area contributed by atoms with Crippen molar-refractivity contribution in [1.29, 1.82) is 0 Å². The molecule has 33 heavy (non-hydrogen) atoms. The number of likely N-dealkylation sites (tertiary alicyclic amines) is 1. The van der Waals surface area contributed by atoms with Crippen LogP contribution in [0.4, 0.5) is 0 Å². The maximum absolute atomic E-state index is 13.1. The van der Waals surface area contributed by atoms with Crippen molar-refractivity contribution in [2.75, 3.05) is 19.6 Å². The predicted octanol–water partition coefficient (Wildman–Crippen LogP) is 1.86. The van der Waals surface area contributed by atoms with Crippen molar-refractivity contribution in [3.05, 3.63) is 0 Å². The minimum atomic E-state index is -0.887. The molecular formula is C24H45N5O4. The van der Waals surface area contributed by atoms with Crippen LogP contribution in [0.25, 0.3) is 0 Å². The largest absolute Gasteiger partial charge is 0.355 e. The van der Waals surface area contributed by atoms with Crippen LogP contribution in [0.15, 0.2) is 0 Å². The number of carbonyl (C=O) groups excluding carboxylic acids is 4. The van der Waals surface area contributed by atoms with Crippen molar-refractivity contribution in [2.45, 2.75) is 93.0 Å². The molecule has 5 N–H and O–H groups in total. The molecule has 1 aliphatic heterocycles. The highest BCUT2D eigenvalue weighted by molar-refractivity contribution is 5.99. The van der Waals surface area contributed by atoms with Gasteiger partial charge in [-0.3, -0.25) is 35.3 Å². The Bertz CT molecular complexity index is 722. The second-order valence-electron chi connectivity index (χ2n) is 11.9. The first-order valence-electron chi connectivity index (χ1n) is 11.8. The van der Waals surface area contributed by atoms with Crippen molar-refractivity contribution in [2.24, 2.45) is 22.1 Å². The standard InChI is InChI=1S/C24H45N5O4/c1-21(2,3)24(8)13-18(31)29(19(32)14-24)23(6,7)16-22(4,5)20(33)27-15-17(30)26-11-9-10-12-28-25/h28H,9-16,25H2,1-8H3,(H,26,30)(H,27,33). The van der Waals surface area contributed by atoms with E-state index in [0.29, 0.717) is 25.9 Å². The van der Waals surface area contributed by atoms with Gasteiger partial charge in [0.2, 0.25) is 23.6 Å². The zero-order chi connectivity index (χ0) is 25.7. The van der Waals surface area contributed by atoms with Crippen molar-refractivity contribution in [3.8, 4) is 0 Å². The maximum atomic E-state index is 13.1. The molecule has 0 aliphatic carbocycles. The second kappa shape index (κ2) is 11.0. The fourth-order valence-electron chi connectivity index (χ4n) is 4.52. The van der Waals surface area contributed by atoms with Gasteiger partial charge in [-0.05, 0) is 43.9 Å². The Hall–Kier alpha value is -2.00. The number of imide groups is 1. The van der Waals surface area contributed by atoms with E-state index in [0.717, 1.165) is 12.8 Å². The Balaban J connectivity index is 2.72. The average molecular weight is 468 g/mol. The SMILES string of the molecule is CC(C)(CC(C)(C)N1C(=O)CC(C)(C(C)(C)C)CC1=O)C(=O)NCC(=O)NCCCCNN. The minimum absolute atomic E-state index is 0.122. The van der Waals surface area contributed by atoms with Crippen LogP contribution in [0.1, 0.15) is 87.5 Å². The van der Waals surface area contributed by atoms with Crippen LogP contribution in [-0.4, -0.2) is 53.7 Å². The number of nitrogens with one attached hydrogen (secondary N) is 3. The van der Waals surface area contributed by atoms with Gasteiger partial charge >= 0.3 is 0 Å². The third-order valence-electron chi connectivity index (χ3n) is 6.97. The lowest BCUT2D eigenvalue weighted by molar-refractivity contribution is -0.165. The molecule has 4 amide bonds. The molecule has 1 rings (SSSR count). The lowest BCUT2D eigenvalue weighted by Crippen LogP contribution is -2.60. The number of nitrogens with two attached hydrogens (primary N) is 1. The molecule has 0 spiro atoms. The van der Waals surface area contributed by atoms with Gasteiger partial charge in [0.25, 0.3) is 0 Å². The number of hydrogen-bond acceptors (Lipinski definition) is 6. The third kappa shape index (κ3) is 7.78. The van der Waals surface area contributed by atoms with Gasteiger partial charge in [0.05, 0.1) is 6.54 Å². The highest BCUT2D eigenvalue weighted by Gasteiger charge is 2.51. The van der Waals surface area contributed by atoms with Gasteiger partial charge < -0.3 is 10.6 Å². The number of piperidine rings is 1. The van der Waals surface area contributed by atoms with Gasteiger partial charge in [0, 0.05) is 36.9 Å². The Morgan fingerprint density at radius 1 is 0.939 bits per heavy atom. The fraction of sp³-hybridized carbons (Fsp3) is 0.833. The normalized spacial score (nSPS) is 17.2. The van der Waals surface area contributed by atoms with Crippen molar-refractivity contribution in [3.63, 3.8) is 0 Å². The zero-order valence-corrected chi connectivity index (χ0v) is 21.8. The lowest BCUT2D eigenvalue weighted by Gasteiger charge is -2.50. The topological polar surface area (TPSA) is 134 Å². The summed E-state index contributed by atoms with van der Waals surface area (Å²) < 4.78 is 0. The molecule has 0 atom stereocenters. The van der Waals surface area contributed by atoms with E-state index in [1.165, 1.54) is 4.90 Å². The van der Waals surface area contributed by atoms with E-state index in [1.54, 1.807) is 13.8 Å². The Kier molecular flexibility index (Phi) is 9.63. The predicted molar refractivity (Wildman–Crippen MR) is 129 cm³/mol. The lowest BCUT2D eigenvalue weighted by atomic mass is 9.62. The Morgan fingerprint density at radius 3 is 1.94 bits per heavy atom. The Morgan fingerprint density at radius 2 is 1.45 bits per heavy atom. The molecule has 1 heterocycles. The molecule has 1 fully saturated rings. The number of hydrazine groups is 1. The first-order valence-corrected chi connectivity index (χ1v) is 11.8. The van der Waals surface area contributed by atoms with Crippen LogP contribution >= 0.6 is 0 Å². The third-order valence-corrected chi connectivity index (χ3v) is 6.97. The molecule has 1 aliphatic rings. The van der Waals surface area contributed by atoms with E-state index < -0.39 is 16.4 Å². The summed E-state index contributed by atoms with van der Waals surface area (Å²) >= 11 is 0. The maximum Gasteiger partial charge on any atom is 0.239 e. The molecular weight excluding hydrogens is 422 g/mol. The van der Waals surface area contributed by atoms with Gasteiger partial charge in [0.1, 0.15) is 0 Å². The van der Waals surface area contributed by atoms with Crippen LogP contribution in [0.2, 0.25) is 0 Å². The molecule has 1 saturated heterocycles. The summed E-state index contributed by atoms with van der Waals surface area (Å²) in [5.41, 5.74) is 0.236. The summed E-state index contributed by atoms with van der Waals surface area (Å²) in [7, 11) is 0. The molecule has 190 valence electrons. The van der Waals surface area contributed by atoms with Gasteiger partial charge in [-0.1, -0.05) is 41.5 Å².